The summed E-state index contributed by atoms with van der Waals surface area (Å²) in [4.78, 5) is 16.8. The first kappa shape index (κ1) is 17.6. The molecular weight excluding hydrogens is 332 g/mol. The standard InChI is InChI=1S/C20H28N2O4/c1-15-4-2-3-9-22(15)19(23)13-21-10-7-20(24,8-11-21)16-5-6-17-18(12-16)26-14-25-17/h5-6,12,15,24H,2-4,7-11,13-14H2,1H3. The fraction of sp³-hybridized carbons (Fsp3) is 0.650. The summed E-state index contributed by atoms with van der Waals surface area (Å²) in [6.07, 6.45) is 4.68. The summed E-state index contributed by atoms with van der Waals surface area (Å²) >= 11 is 0. The fourth-order valence-corrected chi connectivity index (χ4v) is 4.31. The van der Waals surface area contributed by atoms with E-state index in [1.165, 1.54) is 6.42 Å². The third-order valence-electron chi connectivity index (χ3n) is 6.08. The van der Waals surface area contributed by atoms with E-state index in [1.54, 1.807) is 0 Å². The van der Waals surface area contributed by atoms with Gasteiger partial charge in [-0.15, -0.1) is 0 Å². The highest BCUT2D eigenvalue weighted by Crippen LogP contribution is 2.39. The molecule has 1 aromatic rings. The quantitative estimate of drug-likeness (QED) is 0.894. The van der Waals surface area contributed by atoms with E-state index in [-0.39, 0.29) is 12.7 Å². The van der Waals surface area contributed by atoms with Gasteiger partial charge in [-0.1, -0.05) is 6.07 Å². The number of likely N-dealkylation sites (tertiary alicyclic amines) is 2. The van der Waals surface area contributed by atoms with Gasteiger partial charge in [0.1, 0.15) is 0 Å². The van der Waals surface area contributed by atoms with Crippen molar-refractivity contribution >= 4 is 5.91 Å². The Morgan fingerprint density at radius 2 is 1.96 bits per heavy atom. The molecule has 0 aliphatic carbocycles. The van der Waals surface area contributed by atoms with Crippen molar-refractivity contribution in [1.82, 2.24) is 9.80 Å². The van der Waals surface area contributed by atoms with Crippen molar-refractivity contribution in [1.29, 1.82) is 0 Å². The van der Waals surface area contributed by atoms with Crippen LogP contribution in [0.25, 0.3) is 0 Å². The molecule has 0 radical (unpaired) electrons. The van der Waals surface area contributed by atoms with Crippen molar-refractivity contribution in [2.45, 2.75) is 50.7 Å². The SMILES string of the molecule is CC1CCCCN1C(=O)CN1CCC(O)(c2ccc3c(c2)OCO3)CC1. The second-order valence-electron chi connectivity index (χ2n) is 7.81. The van der Waals surface area contributed by atoms with Crippen LogP contribution in [0.3, 0.4) is 0 Å². The van der Waals surface area contributed by atoms with E-state index in [1.807, 2.05) is 23.1 Å². The van der Waals surface area contributed by atoms with Crippen molar-refractivity contribution in [3.05, 3.63) is 23.8 Å². The van der Waals surface area contributed by atoms with Crippen LogP contribution in [0.5, 0.6) is 11.5 Å². The van der Waals surface area contributed by atoms with Crippen molar-refractivity contribution < 1.29 is 19.4 Å². The highest BCUT2D eigenvalue weighted by atomic mass is 16.7. The van der Waals surface area contributed by atoms with Crippen molar-refractivity contribution in [2.75, 3.05) is 33.0 Å². The van der Waals surface area contributed by atoms with Gasteiger partial charge in [-0.3, -0.25) is 9.69 Å². The van der Waals surface area contributed by atoms with Crippen LogP contribution in [-0.4, -0.2) is 59.8 Å². The van der Waals surface area contributed by atoms with Crippen LogP contribution in [0.2, 0.25) is 0 Å². The average molecular weight is 360 g/mol. The third kappa shape index (κ3) is 3.40. The lowest BCUT2D eigenvalue weighted by Gasteiger charge is -2.40. The Hall–Kier alpha value is -1.79. The Kier molecular flexibility index (Phi) is 4.80. The maximum atomic E-state index is 12.6. The van der Waals surface area contributed by atoms with Crippen LogP contribution < -0.4 is 9.47 Å². The molecule has 2 fully saturated rings. The Balaban J connectivity index is 1.35. The smallest absolute Gasteiger partial charge is 0.236 e. The number of rotatable bonds is 3. The third-order valence-corrected chi connectivity index (χ3v) is 6.08. The molecule has 1 N–H and O–H groups in total. The average Bonchev–Trinajstić information content (AvgIpc) is 3.12. The first-order chi connectivity index (χ1) is 12.5. The van der Waals surface area contributed by atoms with E-state index in [2.05, 4.69) is 11.8 Å². The minimum absolute atomic E-state index is 0.228. The van der Waals surface area contributed by atoms with Gasteiger partial charge in [0.05, 0.1) is 12.1 Å². The molecule has 3 aliphatic heterocycles. The predicted molar refractivity (Wildman–Crippen MR) is 97.2 cm³/mol. The molecule has 0 aromatic heterocycles. The molecule has 3 aliphatic rings. The number of aliphatic hydroxyl groups is 1. The van der Waals surface area contributed by atoms with E-state index in [0.29, 0.717) is 31.2 Å². The first-order valence-electron chi connectivity index (χ1n) is 9.69. The summed E-state index contributed by atoms with van der Waals surface area (Å²) in [5.74, 6) is 1.66. The number of hydrogen-bond donors (Lipinski definition) is 1. The van der Waals surface area contributed by atoms with Gasteiger partial charge in [-0.05, 0) is 56.7 Å². The minimum Gasteiger partial charge on any atom is -0.454 e. The molecule has 3 heterocycles. The molecule has 1 unspecified atom stereocenters. The second kappa shape index (κ2) is 7.08. The van der Waals surface area contributed by atoms with Crippen LogP contribution in [0, 0.1) is 0 Å². The van der Waals surface area contributed by atoms with Crippen molar-refractivity contribution in [3.8, 4) is 11.5 Å². The number of amides is 1. The van der Waals surface area contributed by atoms with Gasteiger partial charge < -0.3 is 19.5 Å². The Morgan fingerprint density at radius 3 is 2.73 bits per heavy atom. The maximum absolute atomic E-state index is 12.6. The Morgan fingerprint density at radius 1 is 1.19 bits per heavy atom. The molecular formula is C20H28N2O4. The Bertz CT molecular complexity index is 670. The zero-order valence-electron chi connectivity index (χ0n) is 15.4. The number of carbonyl (C=O) groups excluding carboxylic acids is 1. The lowest BCUT2D eigenvalue weighted by Crippen LogP contribution is -2.50. The molecule has 0 spiro atoms. The summed E-state index contributed by atoms with van der Waals surface area (Å²) in [7, 11) is 0. The van der Waals surface area contributed by atoms with Crippen LogP contribution in [-0.2, 0) is 10.4 Å². The van der Waals surface area contributed by atoms with Crippen LogP contribution >= 0.6 is 0 Å². The van der Waals surface area contributed by atoms with E-state index in [9.17, 15) is 9.90 Å². The zero-order valence-corrected chi connectivity index (χ0v) is 15.4. The molecule has 4 rings (SSSR count). The molecule has 1 amide bonds. The molecule has 2 saturated heterocycles. The van der Waals surface area contributed by atoms with Gasteiger partial charge >= 0.3 is 0 Å². The van der Waals surface area contributed by atoms with Gasteiger partial charge in [0.15, 0.2) is 11.5 Å². The molecule has 6 heteroatoms. The summed E-state index contributed by atoms with van der Waals surface area (Å²) in [6.45, 7) is 5.17. The highest BCUT2D eigenvalue weighted by Gasteiger charge is 2.36. The fourth-order valence-electron chi connectivity index (χ4n) is 4.31. The van der Waals surface area contributed by atoms with Crippen LogP contribution in [0.4, 0.5) is 0 Å². The molecule has 1 atom stereocenters. The van der Waals surface area contributed by atoms with Gasteiger partial charge in [0.25, 0.3) is 0 Å². The highest BCUT2D eigenvalue weighted by molar-refractivity contribution is 5.78. The lowest BCUT2D eigenvalue weighted by molar-refractivity contribution is -0.137. The van der Waals surface area contributed by atoms with E-state index < -0.39 is 5.60 Å². The number of ether oxygens (including phenoxy) is 2. The van der Waals surface area contributed by atoms with E-state index in [0.717, 1.165) is 43.8 Å². The number of carbonyl (C=O) groups is 1. The molecule has 6 nitrogen and oxygen atoms in total. The van der Waals surface area contributed by atoms with Gasteiger partial charge in [-0.25, -0.2) is 0 Å². The normalized spacial score (nSPS) is 25.3. The van der Waals surface area contributed by atoms with E-state index in [4.69, 9.17) is 9.47 Å². The summed E-state index contributed by atoms with van der Waals surface area (Å²) < 4.78 is 10.8. The largest absolute Gasteiger partial charge is 0.454 e. The summed E-state index contributed by atoms with van der Waals surface area (Å²) in [6, 6.07) is 6.03. The van der Waals surface area contributed by atoms with Crippen LogP contribution in [0.15, 0.2) is 18.2 Å². The molecule has 0 saturated carbocycles. The lowest BCUT2D eigenvalue weighted by atomic mass is 9.84. The number of nitrogens with zero attached hydrogens (tertiary/aromatic N) is 2. The molecule has 26 heavy (non-hydrogen) atoms. The minimum atomic E-state index is -0.862. The van der Waals surface area contributed by atoms with Crippen molar-refractivity contribution in [2.24, 2.45) is 0 Å². The summed E-state index contributed by atoms with van der Waals surface area (Å²) in [5.41, 5.74) is 0.0104. The van der Waals surface area contributed by atoms with Crippen LogP contribution in [0.1, 0.15) is 44.6 Å². The molecule has 0 bridgehead atoms. The second-order valence-corrected chi connectivity index (χ2v) is 7.81. The van der Waals surface area contributed by atoms with E-state index >= 15 is 0 Å². The van der Waals surface area contributed by atoms with Crippen molar-refractivity contribution in [3.63, 3.8) is 0 Å². The van der Waals surface area contributed by atoms with Gasteiger partial charge in [-0.2, -0.15) is 0 Å². The summed E-state index contributed by atoms with van der Waals surface area (Å²) in [5, 5.41) is 11.1. The monoisotopic (exact) mass is 360 g/mol. The predicted octanol–water partition coefficient (Wildman–Crippen LogP) is 2.10. The number of hydrogen-bond acceptors (Lipinski definition) is 5. The zero-order chi connectivity index (χ0) is 18.1. The molecule has 142 valence electrons. The topological polar surface area (TPSA) is 62.2 Å². The molecule has 1 aromatic carbocycles. The number of benzene rings is 1. The van der Waals surface area contributed by atoms with Gasteiger partial charge in [0.2, 0.25) is 12.7 Å². The maximum Gasteiger partial charge on any atom is 0.236 e. The number of fused-ring (bicyclic) bond motifs is 1. The number of piperidine rings is 2. The Labute approximate surface area is 154 Å². The van der Waals surface area contributed by atoms with Gasteiger partial charge in [0, 0.05) is 25.7 Å². The first-order valence-corrected chi connectivity index (χ1v) is 9.69.